The molecule has 0 unspecified atom stereocenters. The van der Waals surface area contributed by atoms with Crippen molar-refractivity contribution >= 4 is 45.3 Å². The maximum Gasteiger partial charge on any atom is 0.178 e. The van der Waals surface area contributed by atoms with E-state index < -0.39 is 0 Å². The summed E-state index contributed by atoms with van der Waals surface area (Å²) in [6.07, 6.45) is 5.20. The zero-order chi connectivity index (χ0) is 10.3. The van der Waals surface area contributed by atoms with Gasteiger partial charge in [0.05, 0.1) is 4.88 Å². The van der Waals surface area contributed by atoms with Gasteiger partial charge < -0.3 is 0 Å². The lowest BCUT2D eigenvalue weighted by Gasteiger charge is -2.08. The quantitative estimate of drug-likeness (QED) is 0.734. The first-order valence-electron chi connectivity index (χ1n) is 4.94. The number of fused-ring (bicyclic) bond motifs is 1. The van der Waals surface area contributed by atoms with Crippen LogP contribution in [-0.2, 0) is 12.8 Å². The summed E-state index contributed by atoms with van der Waals surface area (Å²) < 4.78 is 1.02. The fraction of sp³-hybridized carbons (Fsp3) is 0.400. The first-order valence-corrected chi connectivity index (χ1v) is 7.65. The second-order valence-corrected chi connectivity index (χ2v) is 7.49. The van der Waals surface area contributed by atoms with Crippen LogP contribution in [0.3, 0.4) is 0 Å². The highest BCUT2D eigenvalue weighted by Crippen LogP contribution is 2.36. The Bertz CT molecular complexity index is 466. The molecule has 0 spiro atoms. The highest BCUT2D eigenvalue weighted by atomic mass is 127. The third-order valence-electron chi connectivity index (χ3n) is 2.61. The molecular formula is C10H9IN2S2. The molecular weight excluding hydrogens is 339 g/mol. The Morgan fingerprint density at radius 1 is 1.13 bits per heavy atom. The molecule has 3 rings (SSSR count). The highest BCUT2D eigenvalue weighted by molar-refractivity contribution is 14.1. The largest absolute Gasteiger partial charge is 0.178 e. The molecule has 2 aromatic rings. The van der Waals surface area contributed by atoms with E-state index in [1.165, 1.54) is 30.6 Å². The summed E-state index contributed by atoms with van der Waals surface area (Å²) in [5, 5.41) is 9.34. The van der Waals surface area contributed by atoms with Crippen LogP contribution in [-0.4, -0.2) is 10.2 Å². The topological polar surface area (TPSA) is 25.8 Å². The van der Waals surface area contributed by atoms with Crippen molar-refractivity contribution in [3.63, 3.8) is 0 Å². The third-order valence-corrected chi connectivity index (χ3v) is 5.60. The molecule has 78 valence electrons. The average molecular weight is 348 g/mol. The molecule has 0 aliphatic heterocycles. The van der Waals surface area contributed by atoms with E-state index in [4.69, 9.17) is 0 Å². The van der Waals surface area contributed by atoms with Crippen molar-refractivity contribution in [1.29, 1.82) is 0 Å². The summed E-state index contributed by atoms with van der Waals surface area (Å²) in [5.74, 6) is 0. The number of rotatable bonds is 1. The van der Waals surface area contributed by atoms with Gasteiger partial charge in [-0.2, -0.15) is 0 Å². The van der Waals surface area contributed by atoms with E-state index in [1.54, 1.807) is 21.8 Å². The Kier molecular flexibility index (Phi) is 2.78. The number of aryl methyl sites for hydroxylation is 2. The molecule has 0 radical (unpaired) electrons. The molecule has 15 heavy (non-hydrogen) atoms. The summed E-state index contributed by atoms with van der Waals surface area (Å²) >= 11 is 5.81. The van der Waals surface area contributed by atoms with Gasteiger partial charge in [0.25, 0.3) is 0 Å². The van der Waals surface area contributed by atoms with Gasteiger partial charge in [0.1, 0.15) is 0 Å². The number of hydrogen-bond acceptors (Lipinski definition) is 4. The molecule has 0 atom stereocenters. The lowest BCUT2D eigenvalue weighted by Crippen LogP contribution is -1.96. The molecule has 0 fully saturated rings. The van der Waals surface area contributed by atoms with Crippen LogP contribution in [0.5, 0.6) is 0 Å². The van der Waals surface area contributed by atoms with Crippen LogP contribution in [0.1, 0.15) is 23.3 Å². The Morgan fingerprint density at radius 3 is 2.73 bits per heavy atom. The van der Waals surface area contributed by atoms with Gasteiger partial charge in [-0.25, -0.2) is 0 Å². The highest BCUT2D eigenvalue weighted by Gasteiger charge is 2.16. The van der Waals surface area contributed by atoms with Gasteiger partial charge in [-0.05, 0) is 59.9 Å². The van der Waals surface area contributed by atoms with Crippen LogP contribution in [0.4, 0.5) is 0 Å². The molecule has 2 nitrogen and oxygen atoms in total. The summed E-state index contributed by atoms with van der Waals surface area (Å²) in [7, 11) is 0. The molecule has 2 aromatic heterocycles. The molecule has 1 aliphatic carbocycles. The minimum Gasteiger partial charge on any atom is -0.137 e. The maximum atomic E-state index is 4.20. The van der Waals surface area contributed by atoms with Crippen LogP contribution >= 0.6 is 45.3 Å². The second kappa shape index (κ2) is 4.10. The van der Waals surface area contributed by atoms with E-state index in [0.29, 0.717) is 0 Å². The smallest absolute Gasteiger partial charge is 0.137 e. The van der Waals surface area contributed by atoms with Crippen molar-refractivity contribution < 1.29 is 0 Å². The van der Waals surface area contributed by atoms with Crippen molar-refractivity contribution in [3.8, 4) is 9.88 Å². The molecule has 0 bridgehead atoms. The van der Waals surface area contributed by atoms with Gasteiger partial charge in [-0.15, -0.1) is 21.5 Å². The summed E-state index contributed by atoms with van der Waals surface area (Å²) in [6.45, 7) is 0. The number of nitrogens with zero attached hydrogens (tertiary/aromatic N) is 2. The molecule has 1 aliphatic rings. The van der Waals surface area contributed by atoms with Gasteiger partial charge in [-0.1, -0.05) is 11.3 Å². The van der Waals surface area contributed by atoms with Crippen molar-refractivity contribution in [2.24, 2.45) is 0 Å². The predicted octanol–water partition coefficient (Wildman–Crippen LogP) is 3.75. The zero-order valence-electron chi connectivity index (χ0n) is 7.99. The molecule has 0 N–H and O–H groups in total. The van der Waals surface area contributed by atoms with E-state index in [9.17, 15) is 0 Å². The Labute approximate surface area is 110 Å². The number of halogens is 1. The number of thiophene rings is 1. The third kappa shape index (κ3) is 1.97. The van der Waals surface area contributed by atoms with E-state index >= 15 is 0 Å². The number of hydrogen-bond donors (Lipinski definition) is 0. The van der Waals surface area contributed by atoms with Gasteiger partial charge in [0.15, 0.2) is 8.02 Å². The Balaban J connectivity index is 2.02. The van der Waals surface area contributed by atoms with Crippen molar-refractivity contribution in [1.82, 2.24) is 10.2 Å². The fourth-order valence-corrected chi connectivity index (χ4v) is 4.50. The van der Waals surface area contributed by atoms with Crippen LogP contribution in [0.2, 0.25) is 0 Å². The van der Waals surface area contributed by atoms with Crippen molar-refractivity contribution in [3.05, 3.63) is 19.5 Å². The average Bonchev–Trinajstić information content (AvgIpc) is 2.82. The molecule has 2 heterocycles. The SMILES string of the molecule is Ic1nnc(-c2cc3c(s2)CCCC3)s1. The Morgan fingerprint density at radius 2 is 2.00 bits per heavy atom. The van der Waals surface area contributed by atoms with E-state index in [1.807, 2.05) is 11.3 Å². The molecule has 0 saturated carbocycles. The first-order chi connectivity index (χ1) is 7.33. The monoisotopic (exact) mass is 348 g/mol. The van der Waals surface area contributed by atoms with Gasteiger partial charge in [0, 0.05) is 4.88 Å². The minimum absolute atomic E-state index is 1.02. The Hall–Kier alpha value is -0.0100. The van der Waals surface area contributed by atoms with Gasteiger partial charge in [-0.3, -0.25) is 0 Å². The summed E-state index contributed by atoms with van der Waals surface area (Å²) in [6, 6.07) is 2.32. The van der Waals surface area contributed by atoms with Gasteiger partial charge >= 0.3 is 0 Å². The summed E-state index contributed by atoms with van der Waals surface area (Å²) in [4.78, 5) is 2.88. The number of aromatic nitrogens is 2. The van der Waals surface area contributed by atoms with Crippen molar-refractivity contribution in [2.45, 2.75) is 25.7 Å². The normalized spacial score (nSPS) is 15.3. The maximum absolute atomic E-state index is 4.20. The van der Waals surface area contributed by atoms with E-state index in [2.05, 4.69) is 38.9 Å². The van der Waals surface area contributed by atoms with Crippen LogP contribution in [0.25, 0.3) is 9.88 Å². The standard InChI is InChI=1S/C10H9IN2S2/c11-10-13-12-9(15-10)8-5-6-3-1-2-4-7(6)14-8/h5H,1-4H2. The molecule has 5 heteroatoms. The lowest BCUT2D eigenvalue weighted by atomic mass is 9.99. The molecule has 0 saturated heterocycles. The van der Waals surface area contributed by atoms with Crippen LogP contribution in [0, 0.1) is 3.01 Å². The van der Waals surface area contributed by atoms with Gasteiger partial charge in [0.2, 0.25) is 0 Å². The second-order valence-electron chi connectivity index (χ2n) is 3.63. The van der Waals surface area contributed by atoms with Crippen LogP contribution < -0.4 is 0 Å². The van der Waals surface area contributed by atoms with E-state index in [-0.39, 0.29) is 0 Å². The zero-order valence-corrected chi connectivity index (χ0v) is 11.8. The first kappa shape index (κ1) is 10.2. The molecule has 0 amide bonds. The minimum atomic E-state index is 1.02. The van der Waals surface area contributed by atoms with Crippen LogP contribution in [0.15, 0.2) is 6.07 Å². The lowest BCUT2D eigenvalue weighted by molar-refractivity contribution is 0.697. The fourth-order valence-electron chi connectivity index (χ4n) is 1.90. The predicted molar refractivity (Wildman–Crippen MR) is 72.6 cm³/mol. The van der Waals surface area contributed by atoms with Crippen molar-refractivity contribution in [2.75, 3.05) is 0 Å². The summed E-state index contributed by atoms with van der Waals surface area (Å²) in [5.41, 5.74) is 1.55. The molecule has 0 aromatic carbocycles. The van der Waals surface area contributed by atoms with E-state index in [0.717, 1.165) is 8.02 Å².